The molecule has 0 N–H and O–H groups in total. The van der Waals surface area contributed by atoms with Gasteiger partial charge in [-0.05, 0) is 12.1 Å². The van der Waals surface area contributed by atoms with Gasteiger partial charge < -0.3 is 4.42 Å². The van der Waals surface area contributed by atoms with Crippen LogP contribution < -0.4 is 0 Å². The van der Waals surface area contributed by atoms with Gasteiger partial charge in [-0.3, -0.25) is 4.98 Å². The molecule has 0 saturated heterocycles. The number of nitrogens with zero attached hydrogens (tertiary/aromatic N) is 3. The summed E-state index contributed by atoms with van der Waals surface area (Å²) >= 11 is 1.99. The van der Waals surface area contributed by atoms with E-state index in [1.807, 2.05) is 52.9 Å². The van der Waals surface area contributed by atoms with Crippen LogP contribution in [0.1, 0.15) is 0 Å². The minimum atomic E-state index is 0.508. The molecule has 0 bridgehead atoms. The first-order chi connectivity index (χ1) is 7.84. The van der Waals surface area contributed by atoms with Crippen molar-refractivity contribution in [3.63, 3.8) is 0 Å². The van der Waals surface area contributed by atoms with Crippen LogP contribution in [0, 0.1) is 3.90 Å². The molecule has 0 amide bonds. The molecule has 4 nitrogen and oxygen atoms in total. The van der Waals surface area contributed by atoms with Gasteiger partial charge in [0.2, 0.25) is 0 Å². The zero-order chi connectivity index (χ0) is 11.0. The Morgan fingerprint density at radius 3 is 2.75 bits per heavy atom. The molecule has 16 heavy (non-hydrogen) atoms. The van der Waals surface area contributed by atoms with Gasteiger partial charge in [-0.1, -0.05) is 18.2 Å². The minimum Gasteiger partial charge on any atom is -0.412 e. The number of benzene rings is 1. The third-order valence-electron chi connectivity index (χ3n) is 2.26. The summed E-state index contributed by atoms with van der Waals surface area (Å²) < 4.78 is 5.93. The van der Waals surface area contributed by atoms with Gasteiger partial charge in [0.1, 0.15) is 0 Å². The Kier molecular flexibility index (Phi) is 2.32. The molecule has 2 heterocycles. The zero-order valence-electron chi connectivity index (χ0n) is 8.09. The van der Waals surface area contributed by atoms with Gasteiger partial charge in [0.05, 0.1) is 11.1 Å². The molecule has 0 aliphatic carbocycles. The van der Waals surface area contributed by atoms with Crippen molar-refractivity contribution >= 4 is 33.5 Å². The van der Waals surface area contributed by atoms with E-state index in [9.17, 15) is 0 Å². The summed E-state index contributed by atoms with van der Waals surface area (Å²) in [5, 5.41) is 8.88. The van der Waals surface area contributed by atoms with Crippen LogP contribution in [0.3, 0.4) is 0 Å². The Bertz CT molecular complexity index is 645. The number of hydrogen-bond acceptors (Lipinski definition) is 4. The number of fused-ring (bicyclic) bond motifs is 1. The number of halogens is 1. The molecule has 0 radical (unpaired) electrons. The molecule has 0 saturated carbocycles. The van der Waals surface area contributed by atoms with E-state index in [1.165, 1.54) is 0 Å². The monoisotopic (exact) mass is 323 g/mol. The Balaban J connectivity index is 2.31. The third-order valence-corrected chi connectivity index (χ3v) is 2.70. The van der Waals surface area contributed by atoms with Crippen LogP contribution in [-0.4, -0.2) is 15.2 Å². The summed E-state index contributed by atoms with van der Waals surface area (Å²) in [5.74, 6) is 0.508. The van der Waals surface area contributed by atoms with Crippen LogP contribution in [0.2, 0.25) is 0 Å². The van der Waals surface area contributed by atoms with Gasteiger partial charge in [-0.15, -0.1) is 10.2 Å². The van der Waals surface area contributed by atoms with E-state index in [4.69, 9.17) is 4.42 Å². The topological polar surface area (TPSA) is 51.8 Å². The maximum Gasteiger partial charge on any atom is 0.278 e. The smallest absolute Gasteiger partial charge is 0.278 e. The summed E-state index contributed by atoms with van der Waals surface area (Å²) in [6, 6.07) is 9.80. The SMILES string of the molecule is Ic1nnc(-c2cccc3cccnc23)o1. The normalized spacial score (nSPS) is 10.8. The molecule has 0 spiro atoms. The maximum atomic E-state index is 5.40. The quantitative estimate of drug-likeness (QED) is 0.646. The van der Waals surface area contributed by atoms with Crippen LogP contribution in [0.25, 0.3) is 22.4 Å². The largest absolute Gasteiger partial charge is 0.412 e. The molecule has 78 valence electrons. The molecule has 0 atom stereocenters. The second-order valence-electron chi connectivity index (χ2n) is 3.24. The summed E-state index contributed by atoms with van der Waals surface area (Å²) in [7, 11) is 0. The second-order valence-corrected chi connectivity index (χ2v) is 4.16. The van der Waals surface area contributed by atoms with Crippen molar-refractivity contribution in [3.05, 3.63) is 40.4 Å². The Hall–Kier alpha value is -1.50. The lowest BCUT2D eigenvalue weighted by Crippen LogP contribution is -1.84. The highest BCUT2D eigenvalue weighted by atomic mass is 127. The van der Waals surface area contributed by atoms with Crippen molar-refractivity contribution in [3.8, 4) is 11.5 Å². The highest BCUT2D eigenvalue weighted by Gasteiger charge is 2.10. The van der Waals surface area contributed by atoms with Crippen LogP contribution >= 0.6 is 22.6 Å². The first kappa shape index (κ1) is 9.71. The fourth-order valence-electron chi connectivity index (χ4n) is 1.59. The highest BCUT2D eigenvalue weighted by molar-refractivity contribution is 14.1. The zero-order valence-corrected chi connectivity index (χ0v) is 10.2. The molecule has 5 heteroatoms. The highest BCUT2D eigenvalue weighted by Crippen LogP contribution is 2.25. The molecule has 3 aromatic rings. The van der Waals surface area contributed by atoms with E-state index in [2.05, 4.69) is 15.2 Å². The van der Waals surface area contributed by atoms with Crippen molar-refractivity contribution in [2.24, 2.45) is 0 Å². The van der Waals surface area contributed by atoms with Gasteiger partial charge in [0.25, 0.3) is 9.79 Å². The predicted molar refractivity (Wildman–Crippen MR) is 67.8 cm³/mol. The summed E-state index contributed by atoms with van der Waals surface area (Å²) in [5.41, 5.74) is 1.75. The number of hydrogen-bond donors (Lipinski definition) is 0. The van der Waals surface area contributed by atoms with Crippen molar-refractivity contribution in [1.29, 1.82) is 0 Å². The van der Waals surface area contributed by atoms with Crippen LogP contribution in [0.15, 0.2) is 40.9 Å². The number of pyridine rings is 1. The lowest BCUT2D eigenvalue weighted by molar-refractivity contribution is 0.537. The molecule has 0 aliphatic rings. The molecule has 0 unspecified atom stereocenters. The van der Waals surface area contributed by atoms with Crippen LogP contribution in [-0.2, 0) is 0 Å². The first-order valence-corrected chi connectivity index (χ1v) is 5.75. The van der Waals surface area contributed by atoms with Gasteiger partial charge in [0.15, 0.2) is 0 Å². The van der Waals surface area contributed by atoms with Crippen LogP contribution in [0.5, 0.6) is 0 Å². The van der Waals surface area contributed by atoms with Gasteiger partial charge >= 0.3 is 0 Å². The summed E-state index contributed by atoms with van der Waals surface area (Å²) in [6.07, 6.45) is 1.76. The molecule has 0 aliphatic heterocycles. The number of rotatable bonds is 1. The molecule has 0 fully saturated rings. The number of aromatic nitrogens is 3. The summed E-state index contributed by atoms with van der Waals surface area (Å²) in [6.45, 7) is 0. The first-order valence-electron chi connectivity index (χ1n) is 4.68. The fraction of sp³-hybridized carbons (Fsp3) is 0. The summed E-state index contributed by atoms with van der Waals surface area (Å²) in [4.78, 5) is 4.34. The number of para-hydroxylation sites is 1. The van der Waals surface area contributed by atoms with E-state index >= 15 is 0 Å². The third kappa shape index (κ3) is 1.57. The average molecular weight is 323 g/mol. The Labute approximate surface area is 105 Å². The molecule has 1 aromatic carbocycles. The second kappa shape index (κ2) is 3.82. The molecular formula is C11H6IN3O. The van der Waals surface area contributed by atoms with Crippen molar-refractivity contribution in [1.82, 2.24) is 15.2 Å². The minimum absolute atomic E-state index is 0.508. The lowest BCUT2D eigenvalue weighted by Gasteiger charge is -2.00. The van der Waals surface area contributed by atoms with E-state index in [-0.39, 0.29) is 0 Å². The van der Waals surface area contributed by atoms with E-state index < -0.39 is 0 Å². The molecular weight excluding hydrogens is 317 g/mol. The standard InChI is InChI=1S/C11H6IN3O/c12-11-15-14-10(16-11)8-5-1-3-7-4-2-6-13-9(7)8/h1-6H. The van der Waals surface area contributed by atoms with Crippen molar-refractivity contribution in [2.75, 3.05) is 0 Å². The van der Waals surface area contributed by atoms with Crippen molar-refractivity contribution < 1.29 is 4.42 Å². The Morgan fingerprint density at radius 1 is 1.06 bits per heavy atom. The van der Waals surface area contributed by atoms with Crippen LogP contribution in [0.4, 0.5) is 0 Å². The lowest BCUT2D eigenvalue weighted by atomic mass is 10.1. The molecule has 3 rings (SSSR count). The van der Waals surface area contributed by atoms with E-state index in [1.54, 1.807) is 6.20 Å². The average Bonchev–Trinajstić information content (AvgIpc) is 2.75. The van der Waals surface area contributed by atoms with E-state index in [0.29, 0.717) is 9.79 Å². The maximum absolute atomic E-state index is 5.40. The fourth-order valence-corrected chi connectivity index (χ4v) is 1.91. The van der Waals surface area contributed by atoms with Gasteiger partial charge in [0, 0.05) is 34.2 Å². The molecule has 2 aromatic heterocycles. The predicted octanol–water partition coefficient (Wildman–Crippen LogP) is 2.89. The van der Waals surface area contributed by atoms with Crippen molar-refractivity contribution in [2.45, 2.75) is 0 Å². The van der Waals surface area contributed by atoms with E-state index in [0.717, 1.165) is 16.5 Å². The van der Waals surface area contributed by atoms with Gasteiger partial charge in [-0.25, -0.2) is 0 Å². The van der Waals surface area contributed by atoms with Gasteiger partial charge in [-0.2, -0.15) is 0 Å². The Morgan fingerprint density at radius 2 is 1.94 bits per heavy atom.